The largest absolute Gasteiger partial charge is 0.438 e. The zero-order chi connectivity index (χ0) is 27.3. The predicted molar refractivity (Wildman–Crippen MR) is 159 cm³/mol. The lowest BCUT2D eigenvalue weighted by Crippen LogP contribution is -2.30. The van der Waals surface area contributed by atoms with Gasteiger partial charge in [0.1, 0.15) is 12.6 Å². The van der Waals surface area contributed by atoms with Gasteiger partial charge in [-0.3, -0.25) is 0 Å². The molecular formula is C35H30N3O+. The van der Waals surface area contributed by atoms with E-state index in [0.29, 0.717) is 11.4 Å². The van der Waals surface area contributed by atoms with Crippen molar-refractivity contribution in [1.82, 2.24) is 4.98 Å². The number of hydrogen-bond acceptors (Lipinski definition) is 2. The second-order valence-electron chi connectivity index (χ2n) is 11.2. The zero-order valence-corrected chi connectivity index (χ0v) is 22.9. The monoisotopic (exact) mass is 508 g/mol. The van der Waals surface area contributed by atoms with E-state index in [1.165, 1.54) is 11.1 Å². The summed E-state index contributed by atoms with van der Waals surface area (Å²) in [5.74, 6) is 0. The molecule has 39 heavy (non-hydrogen) atoms. The van der Waals surface area contributed by atoms with E-state index in [9.17, 15) is 0 Å². The molecule has 3 aromatic carbocycles. The third-order valence-corrected chi connectivity index (χ3v) is 7.47. The van der Waals surface area contributed by atoms with E-state index in [4.69, 9.17) is 16.0 Å². The Morgan fingerprint density at radius 2 is 1.62 bits per heavy atom. The predicted octanol–water partition coefficient (Wildman–Crippen LogP) is 8.96. The van der Waals surface area contributed by atoms with Crippen LogP contribution in [-0.4, -0.2) is 4.98 Å². The first-order valence-electron chi connectivity index (χ1n) is 13.2. The summed E-state index contributed by atoms with van der Waals surface area (Å²) in [5, 5.41) is 1.67. The van der Waals surface area contributed by atoms with Crippen LogP contribution in [0, 0.1) is 13.5 Å². The average molecular weight is 509 g/mol. The summed E-state index contributed by atoms with van der Waals surface area (Å²) < 4.78 is 8.53. The quantitative estimate of drug-likeness (QED) is 0.177. The Kier molecular flexibility index (Phi) is 5.81. The summed E-state index contributed by atoms with van der Waals surface area (Å²) >= 11 is 0. The van der Waals surface area contributed by atoms with Crippen molar-refractivity contribution < 1.29 is 8.98 Å². The minimum absolute atomic E-state index is 0.0916. The number of aryl methyl sites for hydroxylation is 2. The molecule has 0 atom stereocenters. The van der Waals surface area contributed by atoms with E-state index < -0.39 is 0 Å². The number of benzene rings is 3. The molecule has 6 aromatic rings. The highest BCUT2D eigenvalue weighted by molar-refractivity contribution is 6.14. The van der Waals surface area contributed by atoms with Crippen molar-refractivity contribution in [2.24, 2.45) is 7.05 Å². The molecule has 0 unspecified atom stereocenters. The van der Waals surface area contributed by atoms with Gasteiger partial charge < -0.3 is 4.42 Å². The number of fused-ring (bicyclic) bond motifs is 3. The summed E-state index contributed by atoms with van der Waals surface area (Å²) in [6.07, 6.45) is 2.03. The Hall–Kier alpha value is -4.75. The van der Waals surface area contributed by atoms with Crippen molar-refractivity contribution >= 4 is 27.8 Å². The summed E-state index contributed by atoms with van der Waals surface area (Å²) in [4.78, 5) is 8.80. The SMILES string of the molecule is [C-]#[N+]c1cc(-c2ccc(-c3cccc(C(C)(C)C)c3)cc2)nc2oc3c(-c4cccc[n+]4C)c(C)ccc3c12. The summed E-state index contributed by atoms with van der Waals surface area (Å²) in [6, 6.07) is 29.2. The molecule has 0 N–H and O–H groups in total. The number of pyridine rings is 2. The van der Waals surface area contributed by atoms with E-state index in [2.05, 4.69) is 97.8 Å². The molecular weight excluding hydrogens is 478 g/mol. The molecule has 0 radical (unpaired) electrons. The Morgan fingerprint density at radius 1 is 0.846 bits per heavy atom. The third-order valence-electron chi connectivity index (χ3n) is 7.47. The van der Waals surface area contributed by atoms with Gasteiger partial charge in [0.05, 0.1) is 23.2 Å². The molecule has 0 aliphatic carbocycles. The first kappa shape index (κ1) is 24.6. The highest BCUT2D eigenvalue weighted by Gasteiger charge is 2.23. The van der Waals surface area contributed by atoms with Crippen LogP contribution in [0.5, 0.6) is 0 Å². The second-order valence-corrected chi connectivity index (χ2v) is 11.2. The Morgan fingerprint density at radius 3 is 2.33 bits per heavy atom. The van der Waals surface area contributed by atoms with Gasteiger partial charge in [-0.2, -0.15) is 0 Å². The summed E-state index contributed by atoms with van der Waals surface area (Å²) in [6.45, 7) is 16.7. The molecule has 0 amide bonds. The van der Waals surface area contributed by atoms with Gasteiger partial charge in [-0.15, -0.1) is 0 Å². The van der Waals surface area contributed by atoms with Gasteiger partial charge in [-0.25, -0.2) is 14.4 Å². The van der Waals surface area contributed by atoms with Crippen molar-refractivity contribution in [3.8, 4) is 33.6 Å². The lowest BCUT2D eigenvalue weighted by atomic mass is 9.85. The van der Waals surface area contributed by atoms with Crippen molar-refractivity contribution in [2.75, 3.05) is 0 Å². The van der Waals surface area contributed by atoms with E-state index in [0.717, 1.165) is 50.0 Å². The van der Waals surface area contributed by atoms with Crippen LogP contribution in [0.15, 0.2) is 95.5 Å². The van der Waals surface area contributed by atoms with Crippen LogP contribution in [0.3, 0.4) is 0 Å². The van der Waals surface area contributed by atoms with Gasteiger partial charge in [0, 0.05) is 17.5 Å². The van der Waals surface area contributed by atoms with E-state index >= 15 is 0 Å². The molecule has 0 saturated carbocycles. The van der Waals surface area contributed by atoms with Crippen molar-refractivity contribution in [1.29, 1.82) is 0 Å². The number of rotatable bonds is 3. The maximum Gasteiger partial charge on any atom is 0.217 e. The minimum atomic E-state index is 0.0916. The first-order chi connectivity index (χ1) is 18.7. The molecule has 0 spiro atoms. The van der Waals surface area contributed by atoms with Crippen LogP contribution in [0.4, 0.5) is 5.69 Å². The highest BCUT2D eigenvalue weighted by atomic mass is 16.3. The fourth-order valence-electron chi connectivity index (χ4n) is 5.25. The fourth-order valence-corrected chi connectivity index (χ4v) is 5.25. The topological polar surface area (TPSA) is 34.3 Å². The van der Waals surface area contributed by atoms with Crippen LogP contribution >= 0.6 is 0 Å². The second kappa shape index (κ2) is 9.22. The molecule has 6 rings (SSSR count). The molecule has 3 heterocycles. The Balaban J connectivity index is 1.47. The Labute approximate surface area is 229 Å². The van der Waals surface area contributed by atoms with Crippen LogP contribution in [-0.2, 0) is 12.5 Å². The van der Waals surface area contributed by atoms with Gasteiger partial charge in [-0.1, -0.05) is 81.4 Å². The summed E-state index contributed by atoms with van der Waals surface area (Å²) in [7, 11) is 2.03. The van der Waals surface area contributed by atoms with E-state index in [1.807, 2.05) is 37.5 Å². The lowest BCUT2D eigenvalue weighted by Gasteiger charge is -2.19. The summed E-state index contributed by atoms with van der Waals surface area (Å²) in [5.41, 5.74) is 10.4. The molecule has 4 nitrogen and oxygen atoms in total. The van der Waals surface area contributed by atoms with E-state index in [1.54, 1.807) is 0 Å². The number of furan rings is 1. The first-order valence-corrected chi connectivity index (χ1v) is 13.2. The van der Waals surface area contributed by atoms with Gasteiger partial charge in [0.25, 0.3) is 0 Å². The molecule has 3 aromatic heterocycles. The van der Waals surface area contributed by atoms with Gasteiger partial charge >= 0.3 is 0 Å². The standard InChI is InChI=1S/C35H30N3O/c1-22-13-18-27-32-29(36-5)21-28(37-34(32)39-33(27)31(22)30-12-7-8-19-38(30)6)24-16-14-23(15-17-24)25-10-9-11-26(20-25)35(2,3)4/h7-21H,1-4,6H3/q+1. The molecule has 0 saturated heterocycles. The normalized spacial score (nSPS) is 11.7. The lowest BCUT2D eigenvalue weighted by molar-refractivity contribution is -0.660. The van der Waals surface area contributed by atoms with Crippen molar-refractivity contribution in [3.05, 3.63) is 114 Å². The fraction of sp³-hybridized carbons (Fsp3) is 0.171. The molecule has 0 aliphatic rings. The third kappa shape index (κ3) is 4.27. The van der Waals surface area contributed by atoms with Crippen molar-refractivity contribution in [2.45, 2.75) is 33.1 Å². The van der Waals surface area contributed by atoms with Gasteiger partial charge in [0.15, 0.2) is 6.20 Å². The van der Waals surface area contributed by atoms with Crippen LogP contribution in [0.1, 0.15) is 31.9 Å². The van der Waals surface area contributed by atoms with Crippen LogP contribution in [0.2, 0.25) is 0 Å². The molecule has 0 fully saturated rings. The van der Waals surface area contributed by atoms with Gasteiger partial charge in [0.2, 0.25) is 17.1 Å². The van der Waals surface area contributed by atoms with Crippen molar-refractivity contribution in [3.63, 3.8) is 0 Å². The van der Waals surface area contributed by atoms with Crippen LogP contribution < -0.4 is 4.57 Å². The molecule has 0 aliphatic heterocycles. The number of aromatic nitrogens is 2. The Bertz CT molecular complexity index is 1920. The maximum absolute atomic E-state index is 7.96. The minimum Gasteiger partial charge on any atom is -0.438 e. The molecule has 4 heteroatoms. The van der Waals surface area contributed by atoms with Gasteiger partial charge in [-0.05, 0) is 52.3 Å². The highest BCUT2D eigenvalue weighted by Crippen LogP contribution is 2.41. The number of hydrogen-bond donors (Lipinski definition) is 0. The molecule has 0 bridgehead atoms. The number of nitrogens with zero attached hydrogens (tertiary/aromatic N) is 3. The maximum atomic E-state index is 7.96. The average Bonchev–Trinajstić information content (AvgIpc) is 3.31. The van der Waals surface area contributed by atoms with E-state index in [-0.39, 0.29) is 5.41 Å². The zero-order valence-electron chi connectivity index (χ0n) is 22.9. The smallest absolute Gasteiger partial charge is 0.217 e. The van der Waals surface area contributed by atoms with Crippen LogP contribution in [0.25, 0.3) is 60.6 Å². The molecule has 190 valence electrons.